The maximum atomic E-state index is 11.9. The van der Waals surface area contributed by atoms with Crippen molar-refractivity contribution >= 4 is 22.6 Å². The molecule has 1 heterocycles. The van der Waals surface area contributed by atoms with Gasteiger partial charge in [0, 0.05) is 23.3 Å². The Morgan fingerprint density at radius 3 is 2.84 bits per heavy atom. The summed E-state index contributed by atoms with van der Waals surface area (Å²) in [5.74, 6) is 1.39. The molecule has 3 aromatic rings. The third-order valence-electron chi connectivity index (χ3n) is 3.57. The van der Waals surface area contributed by atoms with Gasteiger partial charge in [-0.2, -0.15) is 0 Å². The zero-order chi connectivity index (χ0) is 17.5. The number of anilines is 1. The average Bonchev–Trinajstić information content (AvgIpc) is 2.65. The molecule has 2 amide bonds. The second-order valence-corrected chi connectivity index (χ2v) is 5.29. The van der Waals surface area contributed by atoms with Gasteiger partial charge >= 0.3 is 6.03 Å². The Kier molecular flexibility index (Phi) is 5.31. The number of urea groups is 1. The summed E-state index contributed by atoms with van der Waals surface area (Å²) in [5, 5.41) is 6.51. The van der Waals surface area contributed by atoms with Crippen molar-refractivity contribution in [1.29, 1.82) is 0 Å². The third kappa shape index (κ3) is 4.38. The predicted octanol–water partition coefficient (Wildman–Crippen LogP) is 3.44. The highest BCUT2D eigenvalue weighted by Gasteiger charge is 2.04. The summed E-state index contributed by atoms with van der Waals surface area (Å²) in [4.78, 5) is 16.2. The molecular formula is C19H19N3O3. The highest BCUT2D eigenvalue weighted by atomic mass is 16.5. The van der Waals surface area contributed by atoms with Crippen molar-refractivity contribution < 1.29 is 14.3 Å². The van der Waals surface area contributed by atoms with Gasteiger partial charge < -0.3 is 20.1 Å². The number of hydrogen-bond donors (Lipinski definition) is 2. The molecule has 0 atom stereocenters. The van der Waals surface area contributed by atoms with Gasteiger partial charge in [-0.25, -0.2) is 4.79 Å². The molecule has 0 saturated heterocycles. The van der Waals surface area contributed by atoms with E-state index in [1.807, 2.05) is 42.5 Å². The van der Waals surface area contributed by atoms with E-state index < -0.39 is 0 Å². The van der Waals surface area contributed by atoms with Gasteiger partial charge in [0.2, 0.25) is 0 Å². The molecule has 0 aliphatic carbocycles. The van der Waals surface area contributed by atoms with Crippen LogP contribution in [0.1, 0.15) is 0 Å². The fourth-order valence-corrected chi connectivity index (χ4v) is 2.39. The normalized spacial score (nSPS) is 10.3. The van der Waals surface area contributed by atoms with Crippen molar-refractivity contribution in [1.82, 2.24) is 10.3 Å². The number of nitrogens with one attached hydrogen (secondary N) is 2. The van der Waals surface area contributed by atoms with E-state index in [0.717, 1.165) is 10.9 Å². The standard InChI is InChI=1S/C19H19N3O3/c1-24-16-8-3-7-15(13-16)22-19(23)21-11-12-25-17-9-2-5-14-6-4-10-20-18(14)17/h2-10,13H,11-12H2,1H3,(H2,21,22,23). The molecule has 2 N–H and O–H groups in total. The minimum Gasteiger partial charge on any atom is -0.497 e. The quantitative estimate of drug-likeness (QED) is 0.676. The first-order valence-electron chi connectivity index (χ1n) is 7.92. The van der Waals surface area contributed by atoms with Crippen LogP contribution in [-0.2, 0) is 0 Å². The Balaban J connectivity index is 1.48. The second kappa shape index (κ2) is 8.01. The van der Waals surface area contributed by atoms with Crippen LogP contribution in [0.4, 0.5) is 10.5 Å². The number of nitrogens with zero attached hydrogens (tertiary/aromatic N) is 1. The van der Waals surface area contributed by atoms with Crippen LogP contribution in [-0.4, -0.2) is 31.3 Å². The van der Waals surface area contributed by atoms with E-state index >= 15 is 0 Å². The van der Waals surface area contributed by atoms with Gasteiger partial charge in [-0.3, -0.25) is 4.98 Å². The number of rotatable bonds is 6. The molecule has 0 bridgehead atoms. The third-order valence-corrected chi connectivity index (χ3v) is 3.57. The number of ether oxygens (including phenoxy) is 2. The number of methoxy groups -OCH3 is 1. The Morgan fingerprint density at radius 2 is 1.96 bits per heavy atom. The van der Waals surface area contributed by atoms with Crippen LogP contribution in [0, 0.1) is 0 Å². The molecule has 2 aromatic carbocycles. The summed E-state index contributed by atoms with van der Waals surface area (Å²) in [6.07, 6.45) is 1.73. The molecule has 6 heteroatoms. The molecule has 25 heavy (non-hydrogen) atoms. The van der Waals surface area contributed by atoms with Crippen molar-refractivity contribution in [3.63, 3.8) is 0 Å². The van der Waals surface area contributed by atoms with E-state index in [4.69, 9.17) is 9.47 Å². The van der Waals surface area contributed by atoms with Crippen molar-refractivity contribution in [2.75, 3.05) is 25.6 Å². The summed E-state index contributed by atoms with van der Waals surface area (Å²) in [5.41, 5.74) is 1.47. The van der Waals surface area contributed by atoms with Gasteiger partial charge in [0.15, 0.2) is 0 Å². The minimum atomic E-state index is -0.298. The molecule has 1 aromatic heterocycles. The molecule has 0 aliphatic heterocycles. The first-order chi connectivity index (χ1) is 12.3. The van der Waals surface area contributed by atoms with Crippen LogP contribution in [0.25, 0.3) is 10.9 Å². The zero-order valence-corrected chi connectivity index (χ0v) is 13.9. The van der Waals surface area contributed by atoms with Crippen LogP contribution < -0.4 is 20.1 Å². The molecule has 0 spiro atoms. The number of benzene rings is 2. The first-order valence-corrected chi connectivity index (χ1v) is 7.92. The van der Waals surface area contributed by atoms with Crippen molar-refractivity contribution in [3.8, 4) is 11.5 Å². The Bertz CT molecular complexity index is 862. The fraction of sp³-hybridized carbons (Fsp3) is 0.158. The second-order valence-electron chi connectivity index (χ2n) is 5.29. The van der Waals surface area contributed by atoms with Gasteiger partial charge in [0.1, 0.15) is 23.6 Å². The van der Waals surface area contributed by atoms with Crippen molar-refractivity contribution in [2.24, 2.45) is 0 Å². The van der Waals surface area contributed by atoms with Gasteiger partial charge in [-0.05, 0) is 24.3 Å². The van der Waals surface area contributed by atoms with Crippen LogP contribution >= 0.6 is 0 Å². The SMILES string of the molecule is COc1cccc(NC(=O)NCCOc2cccc3cccnc23)c1. The van der Waals surface area contributed by atoms with Crippen molar-refractivity contribution in [3.05, 3.63) is 60.8 Å². The number of pyridine rings is 1. The van der Waals surface area contributed by atoms with E-state index in [1.54, 1.807) is 25.4 Å². The van der Waals surface area contributed by atoms with E-state index in [0.29, 0.717) is 30.3 Å². The highest BCUT2D eigenvalue weighted by molar-refractivity contribution is 5.89. The van der Waals surface area contributed by atoms with Gasteiger partial charge in [-0.1, -0.05) is 24.3 Å². The lowest BCUT2D eigenvalue weighted by atomic mass is 10.2. The zero-order valence-electron chi connectivity index (χ0n) is 13.9. The van der Waals surface area contributed by atoms with Gasteiger partial charge in [0.05, 0.1) is 13.7 Å². The Labute approximate surface area is 145 Å². The lowest BCUT2D eigenvalue weighted by Gasteiger charge is -2.11. The molecule has 0 fully saturated rings. The smallest absolute Gasteiger partial charge is 0.319 e. The first kappa shape index (κ1) is 16.6. The lowest BCUT2D eigenvalue weighted by molar-refractivity contribution is 0.247. The van der Waals surface area contributed by atoms with Crippen LogP contribution in [0.2, 0.25) is 0 Å². The summed E-state index contributed by atoms with van der Waals surface area (Å²) < 4.78 is 10.9. The molecule has 0 radical (unpaired) electrons. The number of amides is 2. The summed E-state index contributed by atoms with van der Waals surface area (Å²) in [7, 11) is 1.58. The predicted molar refractivity (Wildman–Crippen MR) is 97.3 cm³/mol. The van der Waals surface area contributed by atoms with E-state index in [-0.39, 0.29) is 6.03 Å². The summed E-state index contributed by atoms with van der Waals surface area (Å²) in [6, 6.07) is 16.5. The number of para-hydroxylation sites is 1. The summed E-state index contributed by atoms with van der Waals surface area (Å²) >= 11 is 0. The number of carbonyl (C=O) groups is 1. The van der Waals surface area contributed by atoms with Crippen LogP contribution in [0.15, 0.2) is 60.8 Å². The molecule has 128 valence electrons. The number of aromatic nitrogens is 1. The number of fused-ring (bicyclic) bond motifs is 1. The van der Waals surface area contributed by atoms with Gasteiger partial charge in [-0.15, -0.1) is 0 Å². The van der Waals surface area contributed by atoms with Crippen LogP contribution in [0.5, 0.6) is 11.5 Å². The fourth-order valence-electron chi connectivity index (χ4n) is 2.39. The van der Waals surface area contributed by atoms with E-state index in [2.05, 4.69) is 15.6 Å². The Morgan fingerprint density at radius 1 is 1.12 bits per heavy atom. The topological polar surface area (TPSA) is 72.5 Å². The highest BCUT2D eigenvalue weighted by Crippen LogP contribution is 2.22. The monoisotopic (exact) mass is 337 g/mol. The number of carbonyl (C=O) groups excluding carboxylic acids is 1. The van der Waals surface area contributed by atoms with Crippen LogP contribution in [0.3, 0.4) is 0 Å². The number of hydrogen-bond acceptors (Lipinski definition) is 4. The summed E-state index contributed by atoms with van der Waals surface area (Å²) in [6.45, 7) is 0.722. The minimum absolute atomic E-state index is 0.298. The lowest BCUT2D eigenvalue weighted by Crippen LogP contribution is -2.32. The van der Waals surface area contributed by atoms with Crippen molar-refractivity contribution in [2.45, 2.75) is 0 Å². The average molecular weight is 337 g/mol. The maximum absolute atomic E-state index is 11.9. The molecule has 0 saturated carbocycles. The van der Waals surface area contributed by atoms with Gasteiger partial charge in [0.25, 0.3) is 0 Å². The molecular weight excluding hydrogens is 318 g/mol. The Hall–Kier alpha value is -3.28. The van der Waals surface area contributed by atoms with E-state index in [1.165, 1.54) is 0 Å². The molecule has 0 aliphatic rings. The molecule has 6 nitrogen and oxygen atoms in total. The molecule has 0 unspecified atom stereocenters. The maximum Gasteiger partial charge on any atom is 0.319 e. The molecule has 3 rings (SSSR count). The van der Waals surface area contributed by atoms with E-state index in [9.17, 15) is 4.79 Å². The largest absolute Gasteiger partial charge is 0.497 e.